The summed E-state index contributed by atoms with van der Waals surface area (Å²) >= 11 is 6.27. The fourth-order valence-corrected chi connectivity index (χ4v) is 4.60. The quantitative estimate of drug-likeness (QED) is 0.368. The minimum Gasteiger partial charge on any atom is -0.465 e. The van der Waals surface area contributed by atoms with Crippen LogP contribution in [0.2, 0.25) is 5.02 Å². The van der Waals surface area contributed by atoms with E-state index in [0.29, 0.717) is 19.5 Å². The molecule has 3 aromatic rings. The number of anilines is 1. The van der Waals surface area contributed by atoms with Crippen LogP contribution in [0.4, 0.5) is 23.7 Å². The van der Waals surface area contributed by atoms with Gasteiger partial charge in [-0.05, 0) is 30.5 Å². The summed E-state index contributed by atoms with van der Waals surface area (Å²) in [7, 11) is 1.39. The Morgan fingerprint density at radius 2 is 2.02 bits per heavy atom. The first-order valence-corrected chi connectivity index (χ1v) is 12.2. The van der Waals surface area contributed by atoms with Crippen LogP contribution in [0.25, 0.3) is 11.3 Å². The number of hydrogen-bond donors (Lipinski definition) is 3. The van der Waals surface area contributed by atoms with Gasteiger partial charge in [-0.1, -0.05) is 17.5 Å². The van der Waals surface area contributed by atoms with E-state index in [0.717, 1.165) is 17.1 Å². The van der Waals surface area contributed by atoms with Gasteiger partial charge in [0.2, 0.25) is 0 Å². The third-order valence-corrected chi connectivity index (χ3v) is 6.64. The van der Waals surface area contributed by atoms with Crippen LogP contribution < -0.4 is 10.6 Å². The van der Waals surface area contributed by atoms with Crippen molar-refractivity contribution >= 4 is 35.2 Å². The predicted octanol–water partition coefficient (Wildman–Crippen LogP) is 3.57. The molecule has 1 aliphatic rings. The van der Waals surface area contributed by atoms with Crippen molar-refractivity contribution in [2.45, 2.75) is 19.1 Å². The van der Waals surface area contributed by atoms with E-state index in [-0.39, 0.29) is 52.4 Å². The molecule has 1 saturated heterocycles. The third kappa shape index (κ3) is 6.04. The average Bonchev–Trinajstić information content (AvgIpc) is 3.61. The van der Waals surface area contributed by atoms with E-state index in [1.54, 1.807) is 0 Å². The summed E-state index contributed by atoms with van der Waals surface area (Å²) < 4.78 is 42.9. The molecule has 3 heterocycles. The first kappa shape index (κ1) is 28.5. The lowest BCUT2D eigenvalue weighted by atomic mass is 10.1. The van der Waals surface area contributed by atoms with Crippen molar-refractivity contribution in [2.75, 3.05) is 25.0 Å². The molecule has 15 heteroatoms. The number of nitrogens with zero attached hydrogens (tertiary/aromatic N) is 5. The molecule has 40 heavy (non-hydrogen) atoms. The number of amides is 3. The van der Waals surface area contributed by atoms with Crippen LogP contribution in [-0.2, 0) is 19.8 Å². The number of carbonyl (C=O) groups excluding carboxylic acids is 2. The molecular formula is C25H23ClF3N7O4. The fourth-order valence-electron chi connectivity index (χ4n) is 4.33. The summed E-state index contributed by atoms with van der Waals surface area (Å²) in [4.78, 5) is 41.8. The van der Waals surface area contributed by atoms with Gasteiger partial charge in [-0.2, -0.15) is 18.3 Å². The van der Waals surface area contributed by atoms with Gasteiger partial charge in [0.15, 0.2) is 11.5 Å². The van der Waals surface area contributed by atoms with Crippen LogP contribution in [0, 0.1) is 18.3 Å². The molecular weight excluding hydrogens is 555 g/mol. The van der Waals surface area contributed by atoms with Crippen LogP contribution in [0.5, 0.6) is 0 Å². The lowest BCUT2D eigenvalue weighted by Gasteiger charge is -2.14. The lowest BCUT2D eigenvalue weighted by Crippen LogP contribution is -2.32. The maximum absolute atomic E-state index is 13.6. The van der Waals surface area contributed by atoms with Crippen molar-refractivity contribution in [2.24, 2.45) is 13.0 Å². The van der Waals surface area contributed by atoms with Gasteiger partial charge in [0.25, 0.3) is 11.8 Å². The van der Waals surface area contributed by atoms with Crippen LogP contribution in [0.1, 0.15) is 33.1 Å². The van der Waals surface area contributed by atoms with Crippen molar-refractivity contribution in [3.63, 3.8) is 0 Å². The van der Waals surface area contributed by atoms with Gasteiger partial charge in [0.05, 0.1) is 28.0 Å². The first-order chi connectivity index (χ1) is 18.9. The average molecular weight is 578 g/mol. The molecule has 4 rings (SSSR count). The Morgan fingerprint density at radius 3 is 2.65 bits per heavy atom. The van der Waals surface area contributed by atoms with Crippen molar-refractivity contribution in [3.05, 3.63) is 52.7 Å². The second-order valence-corrected chi connectivity index (χ2v) is 9.47. The summed E-state index contributed by atoms with van der Waals surface area (Å²) in [5, 5.41) is 17.9. The molecule has 11 nitrogen and oxygen atoms in total. The highest BCUT2D eigenvalue weighted by molar-refractivity contribution is 6.34. The van der Waals surface area contributed by atoms with Crippen LogP contribution in [0.15, 0.2) is 30.6 Å². The second-order valence-electron chi connectivity index (χ2n) is 9.06. The Bertz CT molecular complexity index is 1510. The zero-order valence-electron chi connectivity index (χ0n) is 21.0. The van der Waals surface area contributed by atoms with Gasteiger partial charge >= 0.3 is 12.3 Å². The number of carboxylic acid groups (broad SMARTS) is 1. The molecule has 0 bridgehead atoms. The fraction of sp³-hybridized carbons (Fsp3) is 0.320. The molecule has 3 amide bonds. The molecule has 2 aromatic heterocycles. The van der Waals surface area contributed by atoms with E-state index in [2.05, 4.69) is 26.6 Å². The van der Waals surface area contributed by atoms with Gasteiger partial charge in [-0.15, -0.1) is 6.42 Å². The Kier molecular flexibility index (Phi) is 8.06. The van der Waals surface area contributed by atoms with E-state index < -0.39 is 29.8 Å². The maximum atomic E-state index is 13.6. The molecule has 1 aliphatic heterocycles. The molecule has 1 atom stereocenters. The zero-order chi connectivity index (χ0) is 29.2. The largest absolute Gasteiger partial charge is 0.465 e. The molecule has 1 fully saturated rings. The van der Waals surface area contributed by atoms with Gasteiger partial charge in [-0.25, -0.2) is 9.78 Å². The number of aromatic nitrogens is 4. The Hall–Kier alpha value is -4.51. The van der Waals surface area contributed by atoms with Crippen LogP contribution in [0.3, 0.4) is 0 Å². The number of imidazole rings is 1. The van der Waals surface area contributed by atoms with Gasteiger partial charge in [-0.3, -0.25) is 14.3 Å². The van der Waals surface area contributed by atoms with Gasteiger partial charge in [0, 0.05) is 38.6 Å². The normalized spacial score (nSPS) is 15.1. The monoisotopic (exact) mass is 577 g/mol. The van der Waals surface area contributed by atoms with Gasteiger partial charge in [0.1, 0.15) is 6.54 Å². The molecule has 0 aliphatic carbocycles. The number of terminal acetylenes is 1. The number of halogens is 4. The van der Waals surface area contributed by atoms with E-state index in [1.165, 1.54) is 34.7 Å². The highest BCUT2D eigenvalue weighted by Gasteiger charge is 2.38. The minimum absolute atomic E-state index is 0.000430. The molecule has 1 aromatic carbocycles. The number of alkyl halides is 3. The summed E-state index contributed by atoms with van der Waals surface area (Å²) in [5.41, 5.74) is -1.08. The number of likely N-dealkylation sites (tertiary alicyclic amines) is 1. The summed E-state index contributed by atoms with van der Waals surface area (Å²) in [5.74, 6) is 0.837. The molecule has 210 valence electrons. The Morgan fingerprint density at radius 1 is 1.27 bits per heavy atom. The topological polar surface area (TPSA) is 134 Å². The first-order valence-electron chi connectivity index (χ1n) is 11.9. The third-order valence-electron chi connectivity index (χ3n) is 6.33. The minimum atomic E-state index is -4.76. The molecule has 3 N–H and O–H groups in total. The lowest BCUT2D eigenvalue weighted by molar-refractivity contribution is -0.141. The standard InChI is InChI=1S/C25H23ClF3N7O4/c1-3-7-36-13-17(20(33-36)25(27,28)29)19-11-30-21(34(19)2)23(38)32-15-4-5-16(18(26)9-15)22(37)31-10-14-6-8-35(12-14)24(39)40/h1,4-5,9,11,13-14H,6-8,10,12H2,2H3,(H,31,37)(H,32,38)(H,39,40)/t14-/m0/s1. The molecule has 0 unspecified atom stereocenters. The Labute approximate surface area is 230 Å². The molecule has 0 spiro atoms. The number of hydrogen-bond acceptors (Lipinski definition) is 5. The maximum Gasteiger partial charge on any atom is 0.435 e. The number of nitrogens with one attached hydrogen (secondary N) is 2. The zero-order valence-corrected chi connectivity index (χ0v) is 21.8. The van der Waals surface area contributed by atoms with E-state index in [9.17, 15) is 27.6 Å². The van der Waals surface area contributed by atoms with Crippen molar-refractivity contribution in [1.29, 1.82) is 0 Å². The second kappa shape index (κ2) is 11.3. The van der Waals surface area contributed by atoms with E-state index in [4.69, 9.17) is 23.1 Å². The molecule has 0 radical (unpaired) electrons. The van der Waals surface area contributed by atoms with Crippen molar-refractivity contribution in [1.82, 2.24) is 29.5 Å². The van der Waals surface area contributed by atoms with E-state index >= 15 is 0 Å². The summed E-state index contributed by atoms with van der Waals surface area (Å²) in [6, 6.07) is 4.20. The predicted molar refractivity (Wildman–Crippen MR) is 138 cm³/mol. The number of benzene rings is 1. The highest BCUT2D eigenvalue weighted by Crippen LogP contribution is 2.36. The summed E-state index contributed by atoms with van der Waals surface area (Å²) in [6.45, 7) is 0.832. The van der Waals surface area contributed by atoms with Gasteiger partial charge < -0.3 is 25.2 Å². The number of rotatable bonds is 7. The van der Waals surface area contributed by atoms with Crippen molar-refractivity contribution < 1.29 is 32.7 Å². The van der Waals surface area contributed by atoms with Crippen molar-refractivity contribution in [3.8, 4) is 23.6 Å². The summed E-state index contributed by atoms with van der Waals surface area (Å²) in [6.07, 6.45) is 2.32. The smallest absolute Gasteiger partial charge is 0.435 e. The number of carbonyl (C=O) groups is 3. The Balaban J connectivity index is 1.45. The van der Waals surface area contributed by atoms with Crippen LogP contribution in [-0.4, -0.2) is 66.9 Å². The SMILES string of the molecule is C#CCn1cc(-c2cnc(C(=O)Nc3ccc(C(=O)NC[C@@H]4CCN(C(=O)O)C4)c(Cl)c3)n2C)c(C(F)(F)F)n1. The highest BCUT2D eigenvalue weighted by atomic mass is 35.5. The molecule has 0 saturated carbocycles. The van der Waals surface area contributed by atoms with Crippen LogP contribution >= 0.6 is 11.6 Å². The van der Waals surface area contributed by atoms with E-state index in [1.807, 2.05) is 0 Å².